The van der Waals surface area contributed by atoms with E-state index in [1.54, 1.807) is 36.5 Å². The third-order valence-corrected chi connectivity index (χ3v) is 2.94. The maximum Gasteiger partial charge on any atom is 0.140 e. The fourth-order valence-electron chi connectivity index (χ4n) is 1.16. The van der Waals surface area contributed by atoms with Gasteiger partial charge >= 0.3 is 0 Å². The third kappa shape index (κ3) is 2.38. The largest absolute Gasteiger partial charge is 0.244 e. The van der Waals surface area contributed by atoms with Gasteiger partial charge in [0.2, 0.25) is 0 Å². The van der Waals surface area contributed by atoms with Gasteiger partial charge in [-0.15, -0.1) is 0 Å². The Morgan fingerprint density at radius 3 is 2.62 bits per heavy atom. The molecule has 0 amide bonds. The van der Waals surface area contributed by atoms with Crippen LogP contribution in [0.3, 0.4) is 0 Å². The van der Waals surface area contributed by atoms with Gasteiger partial charge in [-0.3, -0.25) is 0 Å². The summed E-state index contributed by atoms with van der Waals surface area (Å²) in [6.45, 7) is 0. The summed E-state index contributed by atoms with van der Waals surface area (Å²) in [5, 5.41) is 8.58. The van der Waals surface area contributed by atoms with Gasteiger partial charge in [0.05, 0.1) is 0 Å². The minimum atomic E-state index is -0.253. The maximum atomic E-state index is 13.3. The molecule has 4 heteroatoms. The van der Waals surface area contributed by atoms with Crippen molar-refractivity contribution in [2.75, 3.05) is 0 Å². The second-order valence-corrected chi connectivity index (χ2v) is 4.14. The normalized spacial score (nSPS) is 9.75. The molecule has 0 unspecified atom stereocenters. The molecule has 1 heterocycles. The molecule has 0 radical (unpaired) electrons. The predicted octanol–water partition coefficient (Wildman–Crippen LogP) is 3.24. The first kappa shape index (κ1) is 10.7. The van der Waals surface area contributed by atoms with Gasteiger partial charge in [0.25, 0.3) is 0 Å². The van der Waals surface area contributed by atoms with Gasteiger partial charge in [0.1, 0.15) is 17.6 Å². The third-order valence-electron chi connectivity index (χ3n) is 1.92. The van der Waals surface area contributed by atoms with Crippen LogP contribution < -0.4 is 0 Å². The summed E-state index contributed by atoms with van der Waals surface area (Å²) >= 11 is 1.29. The molecule has 0 bridgehead atoms. The van der Waals surface area contributed by atoms with Crippen molar-refractivity contribution in [2.45, 2.75) is 9.79 Å². The zero-order chi connectivity index (χ0) is 11.4. The molecule has 2 aromatic rings. The molecule has 0 fully saturated rings. The molecule has 16 heavy (non-hydrogen) atoms. The molecule has 0 saturated heterocycles. The van der Waals surface area contributed by atoms with Crippen molar-refractivity contribution in [3.05, 3.63) is 54.1 Å². The highest BCUT2D eigenvalue weighted by Crippen LogP contribution is 2.28. The van der Waals surface area contributed by atoms with Gasteiger partial charge < -0.3 is 0 Å². The number of rotatable bonds is 2. The quantitative estimate of drug-likeness (QED) is 0.794. The second kappa shape index (κ2) is 4.77. The van der Waals surface area contributed by atoms with E-state index in [1.165, 1.54) is 17.8 Å². The first-order valence-electron chi connectivity index (χ1n) is 4.58. The highest BCUT2D eigenvalue weighted by atomic mass is 32.2. The molecule has 1 aromatic carbocycles. The van der Waals surface area contributed by atoms with Gasteiger partial charge in [-0.25, -0.2) is 9.37 Å². The lowest BCUT2D eigenvalue weighted by Crippen LogP contribution is -1.83. The summed E-state index contributed by atoms with van der Waals surface area (Å²) in [6, 6.07) is 11.9. The standard InChI is InChI=1S/C12H7FN2S/c13-11-3-1-2-4-12(11)16-10-6-5-9(7-14)15-8-10/h1-6,8H. The first-order chi connectivity index (χ1) is 7.79. The number of nitrogens with zero attached hydrogens (tertiary/aromatic N) is 2. The Labute approximate surface area is 96.8 Å². The van der Waals surface area contributed by atoms with Crippen LogP contribution in [0, 0.1) is 17.1 Å². The molecular formula is C12H7FN2S. The minimum Gasteiger partial charge on any atom is -0.244 e. The monoisotopic (exact) mass is 230 g/mol. The summed E-state index contributed by atoms with van der Waals surface area (Å²) in [5.74, 6) is -0.253. The van der Waals surface area contributed by atoms with Gasteiger partial charge in [-0.05, 0) is 24.3 Å². The van der Waals surface area contributed by atoms with Crippen molar-refractivity contribution in [2.24, 2.45) is 0 Å². The number of aromatic nitrogens is 1. The Morgan fingerprint density at radius 1 is 1.19 bits per heavy atom. The Balaban J connectivity index is 2.22. The van der Waals surface area contributed by atoms with Gasteiger partial charge in [0.15, 0.2) is 0 Å². The fourth-order valence-corrected chi connectivity index (χ4v) is 1.97. The molecule has 0 spiro atoms. The van der Waals surface area contributed by atoms with Crippen molar-refractivity contribution in [1.82, 2.24) is 4.98 Å². The highest BCUT2D eigenvalue weighted by Gasteiger charge is 2.03. The Morgan fingerprint density at radius 2 is 2.00 bits per heavy atom. The first-order valence-corrected chi connectivity index (χ1v) is 5.40. The summed E-state index contributed by atoms with van der Waals surface area (Å²) in [4.78, 5) is 5.28. The van der Waals surface area contributed by atoms with Crippen LogP contribution >= 0.6 is 11.8 Å². The second-order valence-electron chi connectivity index (χ2n) is 3.02. The average molecular weight is 230 g/mol. The zero-order valence-corrected chi connectivity index (χ0v) is 9.04. The number of halogens is 1. The molecule has 0 N–H and O–H groups in total. The van der Waals surface area contributed by atoms with Crippen LogP contribution in [0.1, 0.15) is 5.69 Å². The van der Waals surface area contributed by atoms with Crippen molar-refractivity contribution in [3.63, 3.8) is 0 Å². The molecule has 0 aliphatic rings. The van der Waals surface area contributed by atoms with E-state index in [0.29, 0.717) is 10.6 Å². The van der Waals surface area contributed by atoms with Crippen LogP contribution in [-0.2, 0) is 0 Å². The van der Waals surface area contributed by atoms with Crippen LogP contribution in [0.15, 0.2) is 52.4 Å². The number of hydrogen-bond acceptors (Lipinski definition) is 3. The Kier molecular flexibility index (Phi) is 3.18. The summed E-state index contributed by atoms with van der Waals surface area (Å²) < 4.78 is 13.3. The van der Waals surface area contributed by atoms with Crippen LogP contribution in [0.5, 0.6) is 0 Å². The topological polar surface area (TPSA) is 36.7 Å². The molecule has 2 nitrogen and oxygen atoms in total. The number of benzene rings is 1. The Bertz CT molecular complexity index is 531. The molecule has 0 atom stereocenters. The lowest BCUT2D eigenvalue weighted by atomic mass is 10.3. The molecule has 0 aliphatic heterocycles. The maximum absolute atomic E-state index is 13.3. The number of hydrogen-bond donors (Lipinski definition) is 0. The molecule has 78 valence electrons. The average Bonchev–Trinajstić information content (AvgIpc) is 2.33. The summed E-state index contributed by atoms with van der Waals surface area (Å²) in [6.07, 6.45) is 1.57. The summed E-state index contributed by atoms with van der Waals surface area (Å²) in [5.41, 5.74) is 0.359. The van der Waals surface area contributed by atoms with E-state index >= 15 is 0 Å². The van der Waals surface area contributed by atoms with Crippen LogP contribution in [-0.4, -0.2) is 4.98 Å². The van der Waals surface area contributed by atoms with Gasteiger partial charge in [0, 0.05) is 16.0 Å². The highest BCUT2D eigenvalue weighted by molar-refractivity contribution is 7.99. The van der Waals surface area contributed by atoms with Crippen LogP contribution in [0.4, 0.5) is 4.39 Å². The van der Waals surface area contributed by atoms with E-state index < -0.39 is 0 Å². The van der Waals surface area contributed by atoms with Crippen molar-refractivity contribution >= 4 is 11.8 Å². The van der Waals surface area contributed by atoms with E-state index in [2.05, 4.69) is 4.98 Å². The molecule has 0 saturated carbocycles. The van der Waals surface area contributed by atoms with Crippen LogP contribution in [0.25, 0.3) is 0 Å². The molecule has 1 aromatic heterocycles. The smallest absolute Gasteiger partial charge is 0.140 e. The SMILES string of the molecule is N#Cc1ccc(Sc2ccccc2F)cn1. The lowest BCUT2D eigenvalue weighted by Gasteiger charge is -2.01. The lowest BCUT2D eigenvalue weighted by molar-refractivity contribution is 0.602. The van der Waals surface area contributed by atoms with Crippen molar-refractivity contribution in [1.29, 1.82) is 5.26 Å². The Hall–Kier alpha value is -1.86. The predicted molar refractivity (Wildman–Crippen MR) is 59.5 cm³/mol. The fraction of sp³-hybridized carbons (Fsp3) is 0. The van der Waals surface area contributed by atoms with E-state index in [-0.39, 0.29) is 5.82 Å². The molecule has 2 rings (SSSR count). The van der Waals surface area contributed by atoms with Crippen molar-refractivity contribution in [3.8, 4) is 6.07 Å². The number of pyridine rings is 1. The van der Waals surface area contributed by atoms with Gasteiger partial charge in [-0.1, -0.05) is 23.9 Å². The van der Waals surface area contributed by atoms with E-state index in [4.69, 9.17) is 5.26 Å². The van der Waals surface area contributed by atoms with E-state index in [0.717, 1.165) is 4.90 Å². The van der Waals surface area contributed by atoms with Crippen LogP contribution in [0.2, 0.25) is 0 Å². The van der Waals surface area contributed by atoms with Crippen molar-refractivity contribution < 1.29 is 4.39 Å². The zero-order valence-electron chi connectivity index (χ0n) is 8.22. The number of nitriles is 1. The minimum absolute atomic E-state index is 0.253. The van der Waals surface area contributed by atoms with E-state index in [1.807, 2.05) is 6.07 Å². The molecular weight excluding hydrogens is 223 g/mol. The summed E-state index contributed by atoms with van der Waals surface area (Å²) in [7, 11) is 0. The molecule has 0 aliphatic carbocycles. The van der Waals surface area contributed by atoms with E-state index in [9.17, 15) is 4.39 Å². The van der Waals surface area contributed by atoms with Gasteiger partial charge in [-0.2, -0.15) is 5.26 Å².